The van der Waals surface area contributed by atoms with E-state index < -0.39 is 5.69 Å². The van der Waals surface area contributed by atoms with Crippen molar-refractivity contribution in [3.63, 3.8) is 0 Å². The maximum absolute atomic E-state index is 5.29. The molecule has 2 nitrogen and oxygen atoms in total. The van der Waals surface area contributed by atoms with Crippen molar-refractivity contribution >= 4 is 17.8 Å². The predicted octanol–water partition coefficient (Wildman–Crippen LogP) is 0.610. The minimum atomic E-state index is -0.412. The maximum Gasteiger partial charge on any atom is 0.225 e. The van der Waals surface area contributed by atoms with Crippen molar-refractivity contribution in [2.45, 2.75) is 5.69 Å². The van der Waals surface area contributed by atoms with Gasteiger partial charge in [-0.3, -0.25) is 0 Å². The minimum absolute atomic E-state index is 0.412. The van der Waals surface area contributed by atoms with Gasteiger partial charge >= 0.3 is 0 Å². The van der Waals surface area contributed by atoms with E-state index in [9.17, 15) is 0 Å². The van der Waals surface area contributed by atoms with Crippen LogP contribution in [0.5, 0.6) is 0 Å². The van der Waals surface area contributed by atoms with E-state index >= 15 is 0 Å². The number of hydrogen-bond acceptors (Lipinski definition) is 2. The van der Waals surface area contributed by atoms with Crippen molar-refractivity contribution in [1.29, 1.82) is 0 Å². The van der Waals surface area contributed by atoms with Gasteiger partial charge in [-0.25, -0.2) is 4.99 Å². The molecule has 0 aromatic heterocycles. The second kappa shape index (κ2) is 1.58. The maximum atomic E-state index is 5.29. The van der Waals surface area contributed by atoms with Gasteiger partial charge in [0.05, 0.1) is 6.61 Å². The van der Waals surface area contributed by atoms with Crippen LogP contribution in [0.15, 0.2) is 4.99 Å². The summed E-state index contributed by atoms with van der Waals surface area (Å²) < 4.78 is 4.70. The van der Waals surface area contributed by atoms with E-state index in [1.165, 1.54) is 0 Å². The number of halogens is 1. The molecule has 34 valence electrons. The molecule has 0 amide bonds. The summed E-state index contributed by atoms with van der Waals surface area (Å²) in [7, 11) is 0. The summed E-state index contributed by atoms with van der Waals surface area (Å²) in [5, 5.41) is 0. The molecule has 1 rings (SSSR count). The lowest BCUT2D eigenvalue weighted by atomic mass is 10.8. The Hall–Kier alpha value is -0.0800. The molecule has 3 heteroatoms. The highest BCUT2D eigenvalue weighted by molar-refractivity contribution is 6.20. The molecule has 0 aromatic rings. The molecule has 0 bridgehead atoms. The first-order chi connectivity index (χ1) is 2.89. The van der Waals surface area contributed by atoms with Crippen LogP contribution in [0, 0.1) is 0 Å². The van der Waals surface area contributed by atoms with E-state index in [-0.39, 0.29) is 0 Å². The second-order valence-electron chi connectivity index (χ2n) is 0.957. The van der Waals surface area contributed by atoms with Gasteiger partial charge in [0.25, 0.3) is 0 Å². The highest BCUT2D eigenvalue weighted by Gasteiger charge is 2.02. The highest BCUT2D eigenvalue weighted by Crippen LogP contribution is 2.02. The number of rotatable bonds is 0. The van der Waals surface area contributed by atoms with Crippen molar-refractivity contribution in [3.8, 4) is 0 Å². The molecule has 1 aliphatic heterocycles. The van der Waals surface area contributed by atoms with E-state index in [0.29, 0.717) is 6.61 Å². The lowest BCUT2D eigenvalue weighted by molar-refractivity contribution is 0.171. The number of hydrogen-bond donors (Lipinski definition) is 0. The summed E-state index contributed by atoms with van der Waals surface area (Å²) in [5.74, 6) is 0. The van der Waals surface area contributed by atoms with Gasteiger partial charge in [0, 0.05) is 6.21 Å². The fraction of sp³-hybridized carbons (Fsp3) is 0.667. The molecule has 0 saturated carbocycles. The molecule has 0 saturated heterocycles. The fourth-order valence-corrected chi connectivity index (χ4v) is 0.444. The monoisotopic (exact) mass is 105 g/mol. The normalized spacial score (nSPS) is 31.8. The average molecular weight is 106 g/mol. The van der Waals surface area contributed by atoms with E-state index in [0.717, 1.165) is 0 Å². The molecular formula is C3H4ClNO. The topological polar surface area (TPSA) is 21.6 Å². The zero-order valence-corrected chi connectivity index (χ0v) is 3.85. The fourth-order valence-electron chi connectivity index (χ4n) is 0.291. The van der Waals surface area contributed by atoms with E-state index in [1.54, 1.807) is 6.21 Å². The first kappa shape index (κ1) is 4.09. The van der Waals surface area contributed by atoms with Crippen molar-refractivity contribution < 1.29 is 4.74 Å². The largest absolute Gasteiger partial charge is 0.338 e. The van der Waals surface area contributed by atoms with Crippen molar-refractivity contribution in [1.82, 2.24) is 0 Å². The highest BCUT2D eigenvalue weighted by atomic mass is 35.5. The summed E-state index contributed by atoms with van der Waals surface area (Å²) in [5.41, 5.74) is -0.412. The Labute approximate surface area is 40.8 Å². The smallest absolute Gasteiger partial charge is 0.225 e. The van der Waals surface area contributed by atoms with Crippen LogP contribution in [0.25, 0.3) is 0 Å². The van der Waals surface area contributed by atoms with Crippen LogP contribution in [-0.2, 0) is 4.74 Å². The van der Waals surface area contributed by atoms with Crippen molar-refractivity contribution in [2.75, 3.05) is 6.61 Å². The molecule has 0 spiro atoms. The van der Waals surface area contributed by atoms with Gasteiger partial charge < -0.3 is 4.74 Å². The molecule has 0 N–H and O–H groups in total. The SMILES string of the molecule is ClC1N=CCO1. The Morgan fingerprint density at radius 3 is 3.00 bits per heavy atom. The summed E-state index contributed by atoms with van der Waals surface area (Å²) in [6.45, 7) is 0.564. The molecule has 1 unspecified atom stereocenters. The van der Waals surface area contributed by atoms with Crippen LogP contribution in [0.4, 0.5) is 0 Å². The zero-order valence-electron chi connectivity index (χ0n) is 3.10. The molecule has 6 heavy (non-hydrogen) atoms. The number of nitrogens with zero attached hydrogens (tertiary/aromatic N) is 1. The summed E-state index contributed by atoms with van der Waals surface area (Å²) in [6, 6.07) is 0. The number of alkyl halides is 1. The zero-order chi connectivity index (χ0) is 4.41. The van der Waals surface area contributed by atoms with Gasteiger partial charge in [0.1, 0.15) is 0 Å². The molecule has 0 radical (unpaired) electrons. The Kier molecular flexibility index (Phi) is 1.08. The third-order valence-electron chi connectivity index (χ3n) is 0.531. The van der Waals surface area contributed by atoms with E-state index in [1.807, 2.05) is 0 Å². The summed E-state index contributed by atoms with van der Waals surface area (Å²) in [6.07, 6.45) is 1.65. The van der Waals surface area contributed by atoms with Crippen LogP contribution in [0.2, 0.25) is 0 Å². The Morgan fingerprint density at radius 1 is 2.00 bits per heavy atom. The Balaban J connectivity index is 2.38. The van der Waals surface area contributed by atoms with Crippen LogP contribution in [-0.4, -0.2) is 18.5 Å². The molecule has 0 fully saturated rings. The summed E-state index contributed by atoms with van der Waals surface area (Å²) in [4.78, 5) is 3.65. The van der Waals surface area contributed by atoms with Gasteiger partial charge in [-0.1, -0.05) is 11.6 Å². The van der Waals surface area contributed by atoms with Crippen LogP contribution in [0.3, 0.4) is 0 Å². The minimum Gasteiger partial charge on any atom is -0.338 e. The Bertz CT molecular complexity index is 73.2. The molecule has 1 aliphatic rings. The molecule has 0 aliphatic carbocycles. The molecular weight excluding hydrogens is 101 g/mol. The first-order valence-corrected chi connectivity index (χ1v) is 2.10. The van der Waals surface area contributed by atoms with Gasteiger partial charge in [-0.05, 0) is 0 Å². The number of ether oxygens (including phenoxy) is 1. The van der Waals surface area contributed by atoms with Gasteiger partial charge in [-0.15, -0.1) is 0 Å². The standard InChI is InChI=1S/C3H4ClNO/c4-3-5-1-2-6-3/h1,3H,2H2. The van der Waals surface area contributed by atoms with E-state index in [4.69, 9.17) is 16.3 Å². The third-order valence-corrected chi connectivity index (χ3v) is 0.770. The van der Waals surface area contributed by atoms with Gasteiger partial charge in [-0.2, -0.15) is 0 Å². The van der Waals surface area contributed by atoms with Crippen LogP contribution in [0.1, 0.15) is 0 Å². The average Bonchev–Trinajstić information content (AvgIpc) is 1.86. The predicted molar refractivity (Wildman–Crippen MR) is 24.1 cm³/mol. The summed E-state index contributed by atoms with van der Waals surface area (Å²) >= 11 is 5.29. The van der Waals surface area contributed by atoms with Gasteiger partial charge in [0.15, 0.2) is 0 Å². The van der Waals surface area contributed by atoms with E-state index in [2.05, 4.69) is 4.99 Å². The number of aliphatic imine (C=N–C) groups is 1. The van der Waals surface area contributed by atoms with Crippen LogP contribution >= 0.6 is 11.6 Å². The lowest BCUT2D eigenvalue weighted by Crippen LogP contribution is -1.90. The molecule has 1 heterocycles. The first-order valence-electron chi connectivity index (χ1n) is 1.67. The third kappa shape index (κ3) is 0.698. The quantitative estimate of drug-likeness (QED) is 0.327. The molecule has 1 atom stereocenters. The van der Waals surface area contributed by atoms with Crippen molar-refractivity contribution in [2.24, 2.45) is 4.99 Å². The van der Waals surface area contributed by atoms with Crippen LogP contribution < -0.4 is 0 Å². The lowest BCUT2D eigenvalue weighted by Gasteiger charge is -1.89. The van der Waals surface area contributed by atoms with Crippen molar-refractivity contribution in [3.05, 3.63) is 0 Å². The Morgan fingerprint density at radius 2 is 2.83 bits per heavy atom. The van der Waals surface area contributed by atoms with Gasteiger partial charge in [0.2, 0.25) is 5.69 Å². The second-order valence-corrected chi connectivity index (χ2v) is 1.33. The molecule has 0 aromatic carbocycles.